The fourth-order valence-electron chi connectivity index (χ4n) is 2.54. The van der Waals surface area contributed by atoms with E-state index in [1.165, 1.54) is 18.9 Å². The maximum atomic E-state index is 13.1. The van der Waals surface area contributed by atoms with Gasteiger partial charge < -0.3 is 10.2 Å². The molecule has 0 radical (unpaired) electrons. The highest BCUT2D eigenvalue weighted by Gasteiger charge is 2.18. The van der Waals surface area contributed by atoms with Crippen molar-refractivity contribution in [3.63, 3.8) is 0 Å². The second-order valence-electron chi connectivity index (χ2n) is 5.22. The summed E-state index contributed by atoms with van der Waals surface area (Å²) in [6, 6.07) is 6.67. The highest BCUT2D eigenvalue weighted by molar-refractivity contribution is 14.0. The number of likely N-dealkylation sites (tertiary alicyclic amines) is 1. The summed E-state index contributed by atoms with van der Waals surface area (Å²) in [4.78, 5) is 6.61. The Morgan fingerprint density at radius 2 is 2.30 bits per heavy atom. The number of rotatable bonds is 2. The van der Waals surface area contributed by atoms with Gasteiger partial charge in [0.05, 0.1) is 0 Å². The zero-order valence-electron chi connectivity index (χ0n) is 12.1. The topological polar surface area (TPSA) is 27.6 Å². The van der Waals surface area contributed by atoms with Gasteiger partial charge in [-0.05, 0) is 36.5 Å². The molecular weight excluding hydrogens is 368 g/mol. The van der Waals surface area contributed by atoms with Crippen molar-refractivity contribution in [2.24, 2.45) is 10.9 Å². The lowest BCUT2D eigenvalue weighted by Crippen LogP contribution is -2.45. The minimum Gasteiger partial charge on any atom is -0.352 e. The molecule has 0 saturated carbocycles. The first-order valence-corrected chi connectivity index (χ1v) is 6.89. The van der Waals surface area contributed by atoms with Gasteiger partial charge in [0.2, 0.25) is 0 Å². The van der Waals surface area contributed by atoms with E-state index in [1.807, 2.05) is 6.07 Å². The van der Waals surface area contributed by atoms with Crippen molar-refractivity contribution >= 4 is 29.9 Å². The molecule has 0 spiro atoms. The number of hydrogen-bond acceptors (Lipinski definition) is 1. The first-order chi connectivity index (χ1) is 9.19. The number of guanidine groups is 1. The summed E-state index contributed by atoms with van der Waals surface area (Å²) in [6.07, 6.45) is 2.50. The maximum absolute atomic E-state index is 13.1. The van der Waals surface area contributed by atoms with Crippen LogP contribution in [0.5, 0.6) is 0 Å². The lowest BCUT2D eigenvalue weighted by atomic mass is 10.0. The Hall–Kier alpha value is -0.850. The van der Waals surface area contributed by atoms with Crippen molar-refractivity contribution in [2.75, 3.05) is 20.1 Å². The van der Waals surface area contributed by atoms with Crippen LogP contribution >= 0.6 is 24.0 Å². The standard InChI is InChI=1S/C15H22FN3.HI/c1-12-5-4-8-19(11-12)15(17-2)18-10-13-6-3-7-14(16)9-13;/h3,6-7,9,12H,4-5,8,10-11H2,1-2H3,(H,17,18);1H. The quantitative estimate of drug-likeness (QED) is 0.476. The van der Waals surface area contributed by atoms with E-state index in [4.69, 9.17) is 0 Å². The molecule has 1 N–H and O–H groups in total. The summed E-state index contributed by atoms with van der Waals surface area (Å²) >= 11 is 0. The molecule has 1 heterocycles. The van der Waals surface area contributed by atoms with Gasteiger partial charge in [0.1, 0.15) is 5.82 Å². The molecule has 0 aromatic heterocycles. The predicted molar refractivity (Wildman–Crippen MR) is 92.0 cm³/mol. The van der Waals surface area contributed by atoms with Crippen LogP contribution < -0.4 is 5.32 Å². The van der Waals surface area contributed by atoms with E-state index in [0.717, 1.165) is 24.6 Å². The molecule has 1 saturated heterocycles. The number of halogens is 2. The van der Waals surface area contributed by atoms with Crippen molar-refractivity contribution in [1.29, 1.82) is 0 Å². The van der Waals surface area contributed by atoms with Crippen molar-refractivity contribution in [1.82, 2.24) is 10.2 Å². The zero-order valence-corrected chi connectivity index (χ0v) is 14.4. The van der Waals surface area contributed by atoms with E-state index in [-0.39, 0.29) is 29.8 Å². The van der Waals surface area contributed by atoms with Gasteiger partial charge in [0.15, 0.2) is 5.96 Å². The van der Waals surface area contributed by atoms with Crippen LogP contribution in [0.4, 0.5) is 4.39 Å². The van der Waals surface area contributed by atoms with Crippen LogP contribution in [0.25, 0.3) is 0 Å². The third kappa shape index (κ3) is 4.92. The molecule has 1 aromatic carbocycles. The number of aliphatic imine (C=N–C) groups is 1. The van der Waals surface area contributed by atoms with Crippen LogP contribution in [-0.4, -0.2) is 31.0 Å². The molecule has 0 aliphatic carbocycles. The number of nitrogens with one attached hydrogen (secondary N) is 1. The molecule has 1 aromatic rings. The number of hydrogen-bond donors (Lipinski definition) is 1. The van der Waals surface area contributed by atoms with E-state index in [1.54, 1.807) is 19.2 Å². The largest absolute Gasteiger partial charge is 0.352 e. The monoisotopic (exact) mass is 391 g/mol. The molecule has 1 aliphatic heterocycles. The third-order valence-electron chi connectivity index (χ3n) is 3.51. The predicted octanol–water partition coefficient (Wildman–Crippen LogP) is 3.25. The molecule has 1 fully saturated rings. The highest BCUT2D eigenvalue weighted by atomic mass is 127. The van der Waals surface area contributed by atoms with Crippen LogP contribution in [0.1, 0.15) is 25.3 Å². The van der Waals surface area contributed by atoms with Gasteiger partial charge >= 0.3 is 0 Å². The molecular formula is C15H23FIN3. The Kier molecular flexibility index (Phi) is 7.26. The molecule has 0 bridgehead atoms. The second-order valence-corrected chi connectivity index (χ2v) is 5.22. The Labute approximate surface area is 137 Å². The minimum absolute atomic E-state index is 0. The molecule has 2 rings (SSSR count). The summed E-state index contributed by atoms with van der Waals surface area (Å²) in [5, 5.41) is 3.31. The van der Waals surface area contributed by atoms with Crippen LogP contribution in [0.15, 0.2) is 29.3 Å². The molecule has 5 heteroatoms. The third-order valence-corrected chi connectivity index (χ3v) is 3.51. The minimum atomic E-state index is -0.194. The van der Waals surface area contributed by atoms with Crippen molar-refractivity contribution in [2.45, 2.75) is 26.3 Å². The first-order valence-electron chi connectivity index (χ1n) is 6.89. The fourth-order valence-corrected chi connectivity index (χ4v) is 2.54. The summed E-state index contributed by atoms with van der Waals surface area (Å²) in [5.41, 5.74) is 0.936. The van der Waals surface area contributed by atoms with E-state index >= 15 is 0 Å². The normalized spacial score (nSPS) is 19.4. The lowest BCUT2D eigenvalue weighted by molar-refractivity contribution is 0.266. The highest BCUT2D eigenvalue weighted by Crippen LogP contribution is 2.15. The summed E-state index contributed by atoms with van der Waals surface area (Å²) in [6.45, 7) is 4.97. The van der Waals surface area contributed by atoms with Gasteiger partial charge in [-0.15, -0.1) is 24.0 Å². The van der Waals surface area contributed by atoms with E-state index in [9.17, 15) is 4.39 Å². The Morgan fingerprint density at radius 1 is 1.50 bits per heavy atom. The Morgan fingerprint density at radius 3 is 2.95 bits per heavy atom. The van der Waals surface area contributed by atoms with E-state index in [2.05, 4.69) is 22.1 Å². The second kappa shape index (κ2) is 8.44. The van der Waals surface area contributed by atoms with E-state index < -0.39 is 0 Å². The van der Waals surface area contributed by atoms with Gasteiger partial charge in [-0.1, -0.05) is 19.1 Å². The van der Waals surface area contributed by atoms with Crippen LogP contribution in [0.3, 0.4) is 0 Å². The van der Waals surface area contributed by atoms with Gasteiger partial charge in [0.25, 0.3) is 0 Å². The molecule has 1 unspecified atom stereocenters. The summed E-state index contributed by atoms with van der Waals surface area (Å²) < 4.78 is 13.1. The molecule has 0 amide bonds. The van der Waals surface area contributed by atoms with Gasteiger partial charge in [-0.25, -0.2) is 4.39 Å². The lowest BCUT2D eigenvalue weighted by Gasteiger charge is -2.33. The molecule has 1 aliphatic rings. The smallest absolute Gasteiger partial charge is 0.193 e. The Balaban J connectivity index is 0.00000200. The summed E-state index contributed by atoms with van der Waals surface area (Å²) in [7, 11) is 1.80. The molecule has 20 heavy (non-hydrogen) atoms. The Bertz CT molecular complexity index is 450. The number of nitrogens with zero attached hydrogens (tertiary/aromatic N) is 2. The fraction of sp³-hybridized carbons (Fsp3) is 0.533. The number of benzene rings is 1. The van der Waals surface area contributed by atoms with Crippen molar-refractivity contribution < 1.29 is 4.39 Å². The zero-order chi connectivity index (χ0) is 13.7. The molecule has 1 atom stereocenters. The average molecular weight is 391 g/mol. The average Bonchev–Trinajstić information content (AvgIpc) is 2.40. The SMILES string of the molecule is CN=C(NCc1cccc(F)c1)N1CCCC(C)C1.I. The van der Waals surface area contributed by atoms with Gasteiger partial charge in [-0.2, -0.15) is 0 Å². The van der Waals surface area contributed by atoms with Crippen LogP contribution in [-0.2, 0) is 6.54 Å². The van der Waals surface area contributed by atoms with Crippen LogP contribution in [0.2, 0.25) is 0 Å². The van der Waals surface area contributed by atoms with Gasteiger partial charge in [-0.3, -0.25) is 4.99 Å². The van der Waals surface area contributed by atoms with Crippen molar-refractivity contribution in [3.8, 4) is 0 Å². The summed E-state index contributed by atoms with van der Waals surface area (Å²) in [5.74, 6) is 1.43. The maximum Gasteiger partial charge on any atom is 0.193 e. The van der Waals surface area contributed by atoms with E-state index in [0.29, 0.717) is 12.5 Å². The van der Waals surface area contributed by atoms with Crippen molar-refractivity contribution in [3.05, 3.63) is 35.6 Å². The molecule has 112 valence electrons. The molecule has 3 nitrogen and oxygen atoms in total. The van der Waals surface area contributed by atoms with Crippen LogP contribution in [0, 0.1) is 11.7 Å². The first kappa shape index (κ1) is 17.2. The van der Waals surface area contributed by atoms with Gasteiger partial charge in [0, 0.05) is 26.7 Å². The number of piperidine rings is 1.